The summed E-state index contributed by atoms with van der Waals surface area (Å²) in [5, 5.41) is 12.2. The number of anilines is 1. The van der Waals surface area contributed by atoms with Gasteiger partial charge in [-0.2, -0.15) is 6.54 Å². The van der Waals surface area contributed by atoms with Gasteiger partial charge in [0.2, 0.25) is 5.91 Å². The van der Waals surface area contributed by atoms with Crippen LogP contribution in [0, 0.1) is 11.6 Å². The number of benzene rings is 3. The van der Waals surface area contributed by atoms with Crippen LogP contribution >= 0.6 is 11.6 Å². The Morgan fingerprint density at radius 3 is 2.58 bits per heavy atom. The van der Waals surface area contributed by atoms with Crippen molar-refractivity contribution in [2.24, 2.45) is 5.73 Å². The summed E-state index contributed by atoms with van der Waals surface area (Å²) in [6, 6.07) is 13.5. The quantitative estimate of drug-likeness (QED) is 0.295. The molecule has 1 atom stereocenters. The second-order valence-electron chi connectivity index (χ2n) is 8.77. The lowest BCUT2D eigenvalue weighted by Crippen LogP contribution is -2.33. The number of carbonyl (C=O) groups is 1. The molecule has 0 aliphatic carbocycles. The molecule has 5 N–H and O–H groups in total. The number of fused-ring (bicyclic) bond motifs is 1. The van der Waals surface area contributed by atoms with Gasteiger partial charge in [0.15, 0.2) is 11.6 Å². The van der Waals surface area contributed by atoms with E-state index in [0.717, 1.165) is 12.0 Å². The van der Waals surface area contributed by atoms with Gasteiger partial charge in [0.1, 0.15) is 12.4 Å². The van der Waals surface area contributed by atoms with Gasteiger partial charge in [0.05, 0.1) is 22.7 Å². The molecule has 0 unspecified atom stereocenters. The molecule has 0 fully saturated rings. The molecule has 0 bridgehead atoms. The molecule has 4 rings (SSSR count). The van der Waals surface area contributed by atoms with Gasteiger partial charge in [-0.25, -0.2) is 8.78 Å². The van der Waals surface area contributed by atoms with Gasteiger partial charge in [-0.3, -0.25) is 4.79 Å². The topological polar surface area (TPSA) is 108 Å². The van der Waals surface area contributed by atoms with Crippen molar-refractivity contribution >= 4 is 23.2 Å². The van der Waals surface area contributed by atoms with Crippen molar-refractivity contribution in [2.75, 3.05) is 25.1 Å². The first-order chi connectivity index (χ1) is 17.3. The number of primary amides is 1. The number of halogens is 3. The summed E-state index contributed by atoms with van der Waals surface area (Å²) in [6.45, 7) is -0.225. The highest BCUT2D eigenvalue weighted by Gasteiger charge is 2.41. The third kappa shape index (κ3) is 4.76. The Labute approximate surface area is 213 Å². The van der Waals surface area contributed by atoms with Gasteiger partial charge in [0, 0.05) is 23.2 Å². The number of rotatable bonds is 10. The van der Waals surface area contributed by atoms with Gasteiger partial charge in [-0.05, 0) is 35.7 Å². The Balaban J connectivity index is 1.93. The molecule has 1 heterocycles. The summed E-state index contributed by atoms with van der Waals surface area (Å²) in [5.41, 5.74) is 14.1. The molecular weight excluding hydrogens is 488 g/mol. The summed E-state index contributed by atoms with van der Waals surface area (Å²) >= 11 is 6.46. The smallest absolute Gasteiger partial charge is 0.249 e. The number of aliphatic hydroxyl groups excluding tert-OH is 1. The van der Waals surface area contributed by atoms with Crippen molar-refractivity contribution < 1.29 is 23.4 Å². The first kappa shape index (κ1) is 25.9. The van der Waals surface area contributed by atoms with Gasteiger partial charge in [0.25, 0.3) is 0 Å². The molecule has 3 aromatic carbocycles. The van der Waals surface area contributed by atoms with E-state index in [4.69, 9.17) is 32.9 Å². The maximum atomic E-state index is 15.8. The van der Waals surface area contributed by atoms with E-state index < -0.39 is 23.1 Å². The normalized spacial score (nSPS) is 16.5. The molecule has 9 heteroatoms. The fourth-order valence-corrected chi connectivity index (χ4v) is 5.14. The molecule has 1 amide bonds. The summed E-state index contributed by atoms with van der Waals surface area (Å²) in [4.78, 5) is 12.3. The zero-order valence-electron chi connectivity index (χ0n) is 19.5. The number of carbonyl (C=O) groups excluding carboxylic acids is 1. The lowest BCUT2D eigenvalue weighted by molar-refractivity contribution is 0.100. The van der Waals surface area contributed by atoms with Crippen molar-refractivity contribution in [3.05, 3.63) is 87.6 Å². The minimum Gasteiger partial charge on any atom is -0.677 e. The Morgan fingerprint density at radius 2 is 1.92 bits per heavy atom. The van der Waals surface area contributed by atoms with Gasteiger partial charge >= 0.3 is 0 Å². The van der Waals surface area contributed by atoms with E-state index in [1.807, 2.05) is 30.3 Å². The predicted molar refractivity (Wildman–Crippen MR) is 136 cm³/mol. The van der Waals surface area contributed by atoms with Crippen LogP contribution in [0.4, 0.5) is 14.5 Å². The number of hydrogen-bond donors (Lipinski definition) is 3. The van der Waals surface area contributed by atoms with E-state index in [1.165, 1.54) is 18.2 Å². The van der Waals surface area contributed by atoms with Crippen LogP contribution in [-0.4, -0.2) is 30.8 Å². The van der Waals surface area contributed by atoms with E-state index in [-0.39, 0.29) is 47.2 Å². The Morgan fingerprint density at radius 1 is 1.17 bits per heavy atom. The largest absolute Gasteiger partial charge is 0.677 e. The van der Waals surface area contributed by atoms with Gasteiger partial charge in [-0.15, -0.1) is 0 Å². The van der Waals surface area contributed by atoms with Gasteiger partial charge < -0.3 is 26.6 Å². The standard InChI is InChI=1S/C27H27ClF2N3O3/c28-24-19(29)14-20-18(15-27(33-20,10-4-5-11-31)16-6-2-1-3-7-16)22(24)23-17(26(32)35)8-9-21(25(23)30)36-13-12-34/h1-3,6-9,14,31,33-34H,4-5,10-13,15H2,(H2,32,35)/q-1/t27-/m0/s1. The number of hydrogen-bond acceptors (Lipinski definition) is 4. The molecule has 1 aliphatic heterocycles. The van der Waals surface area contributed by atoms with Crippen LogP contribution in [0.25, 0.3) is 16.9 Å². The van der Waals surface area contributed by atoms with Crippen molar-refractivity contribution in [2.45, 2.75) is 31.2 Å². The highest BCUT2D eigenvalue weighted by Crippen LogP contribution is 2.50. The summed E-state index contributed by atoms with van der Waals surface area (Å²) in [5.74, 6) is -2.80. The fourth-order valence-electron chi connectivity index (χ4n) is 4.88. The Bertz CT molecular complexity index is 1270. The molecule has 6 nitrogen and oxygen atoms in total. The van der Waals surface area contributed by atoms with Crippen molar-refractivity contribution in [3.63, 3.8) is 0 Å². The number of nitrogens with one attached hydrogen (secondary N) is 2. The van der Waals surface area contributed by atoms with E-state index in [9.17, 15) is 4.79 Å². The highest BCUT2D eigenvalue weighted by atomic mass is 35.5. The van der Waals surface area contributed by atoms with E-state index >= 15 is 8.78 Å². The summed E-state index contributed by atoms with van der Waals surface area (Å²) in [6.07, 6.45) is 2.43. The number of nitrogens with two attached hydrogens (primary N) is 1. The highest BCUT2D eigenvalue weighted by molar-refractivity contribution is 6.34. The molecule has 3 aromatic rings. The number of ether oxygens (including phenoxy) is 1. The Hall–Kier alpha value is -3.20. The summed E-state index contributed by atoms with van der Waals surface area (Å²) < 4.78 is 36.3. The fraction of sp³-hybridized carbons (Fsp3) is 0.296. The average Bonchev–Trinajstić information content (AvgIpc) is 3.24. The average molecular weight is 515 g/mol. The Kier molecular flexibility index (Phi) is 7.78. The maximum Gasteiger partial charge on any atom is 0.249 e. The van der Waals surface area contributed by atoms with Crippen molar-refractivity contribution in [3.8, 4) is 16.9 Å². The molecule has 190 valence electrons. The van der Waals surface area contributed by atoms with Crippen LogP contribution in [0.2, 0.25) is 5.02 Å². The lowest BCUT2D eigenvalue weighted by atomic mass is 9.81. The van der Waals surface area contributed by atoms with Crippen LogP contribution in [0.1, 0.15) is 40.7 Å². The maximum absolute atomic E-state index is 15.8. The van der Waals surface area contributed by atoms with Crippen LogP contribution in [0.5, 0.6) is 5.75 Å². The third-order valence-electron chi connectivity index (χ3n) is 6.51. The molecule has 0 spiro atoms. The van der Waals surface area contributed by atoms with E-state index in [0.29, 0.717) is 30.5 Å². The minimum atomic E-state index is -0.916. The second kappa shape index (κ2) is 10.8. The number of amides is 1. The van der Waals surface area contributed by atoms with Crippen molar-refractivity contribution in [1.29, 1.82) is 0 Å². The zero-order chi connectivity index (χ0) is 25.9. The third-order valence-corrected chi connectivity index (χ3v) is 6.88. The first-order valence-corrected chi connectivity index (χ1v) is 12.1. The monoisotopic (exact) mass is 514 g/mol. The molecule has 0 saturated heterocycles. The molecule has 0 saturated carbocycles. The zero-order valence-corrected chi connectivity index (χ0v) is 20.3. The SMILES string of the molecule is [NH-]CCCC[C@@]1(c2ccccc2)Cc2c(cc(F)c(Cl)c2-c2c(C(N)=O)ccc(OCCO)c2F)N1. The van der Waals surface area contributed by atoms with Crippen LogP contribution in [-0.2, 0) is 12.0 Å². The molecule has 0 aromatic heterocycles. The van der Waals surface area contributed by atoms with Crippen LogP contribution in [0.3, 0.4) is 0 Å². The molecule has 36 heavy (non-hydrogen) atoms. The van der Waals surface area contributed by atoms with Crippen LogP contribution in [0.15, 0.2) is 48.5 Å². The molecule has 1 aliphatic rings. The molecule has 0 radical (unpaired) electrons. The minimum absolute atomic E-state index is 0.0400. The number of unbranched alkanes of at least 4 members (excludes halogenated alkanes) is 1. The predicted octanol–water partition coefficient (Wildman–Crippen LogP) is 5.84. The first-order valence-electron chi connectivity index (χ1n) is 11.7. The van der Waals surface area contributed by atoms with E-state index in [1.54, 1.807) is 0 Å². The second-order valence-corrected chi connectivity index (χ2v) is 9.15. The van der Waals surface area contributed by atoms with E-state index in [2.05, 4.69) is 5.32 Å². The van der Waals surface area contributed by atoms with Crippen molar-refractivity contribution in [1.82, 2.24) is 0 Å². The van der Waals surface area contributed by atoms with Gasteiger partial charge in [-0.1, -0.05) is 54.8 Å². The molecular formula is C27H27ClF2N3O3-. The number of aliphatic hydroxyl groups is 1. The van der Waals surface area contributed by atoms with Crippen LogP contribution < -0.4 is 15.8 Å². The lowest BCUT2D eigenvalue weighted by Gasteiger charge is -2.31. The summed E-state index contributed by atoms with van der Waals surface area (Å²) in [7, 11) is 0.